The third kappa shape index (κ3) is 1.59. The fraction of sp³-hybridized carbons (Fsp3) is 0.750. The highest BCUT2D eigenvalue weighted by Crippen LogP contribution is 2.08. The van der Waals surface area contributed by atoms with Crippen molar-refractivity contribution in [2.75, 3.05) is 20.1 Å². The van der Waals surface area contributed by atoms with E-state index in [0.717, 1.165) is 18.9 Å². The van der Waals surface area contributed by atoms with E-state index in [9.17, 15) is 4.79 Å². The molecule has 0 fully saturated rings. The quantitative estimate of drug-likeness (QED) is 0.582. The van der Waals surface area contributed by atoms with E-state index in [4.69, 9.17) is 0 Å². The summed E-state index contributed by atoms with van der Waals surface area (Å²) in [5, 5.41) is 0. The van der Waals surface area contributed by atoms with Crippen LogP contribution in [0.1, 0.15) is 13.8 Å². The zero-order valence-corrected chi connectivity index (χ0v) is 7.29. The summed E-state index contributed by atoms with van der Waals surface area (Å²) in [7, 11) is 1.98. The Morgan fingerprint density at radius 2 is 2.36 bits per heavy atom. The van der Waals surface area contributed by atoms with Gasteiger partial charge in [-0.3, -0.25) is 9.79 Å². The van der Waals surface area contributed by atoms with Crippen molar-refractivity contribution >= 4 is 11.6 Å². The smallest absolute Gasteiger partial charge is 0.140 e. The Kier molecular flexibility index (Phi) is 2.27. The molecule has 0 aromatic rings. The molecule has 0 saturated heterocycles. The number of likely N-dealkylation sites (N-methyl/N-ethyl adjacent to an activating group) is 1. The van der Waals surface area contributed by atoms with Gasteiger partial charge in [0.05, 0.1) is 12.5 Å². The van der Waals surface area contributed by atoms with Crippen LogP contribution in [0, 0.1) is 5.92 Å². The van der Waals surface area contributed by atoms with Crippen LogP contribution in [-0.2, 0) is 4.79 Å². The second kappa shape index (κ2) is 3.03. The zero-order chi connectivity index (χ0) is 8.43. The molecular formula is C8H14N2O. The van der Waals surface area contributed by atoms with Gasteiger partial charge in [0.2, 0.25) is 0 Å². The van der Waals surface area contributed by atoms with Crippen molar-refractivity contribution in [1.82, 2.24) is 4.90 Å². The lowest BCUT2D eigenvalue weighted by atomic mass is 10.1. The zero-order valence-electron chi connectivity index (χ0n) is 7.29. The van der Waals surface area contributed by atoms with Gasteiger partial charge in [0.15, 0.2) is 0 Å². The van der Waals surface area contributed by atoms with Gasteiger partial charge < -0.3 is 4.90 Å². The second-order valence-corrected chi connectivity index (χ2v) is 2.99. The van der Waals surface area contributed by atoms with Crippen LogP contribution in [-0.4, -0.2) is 36.7 Å². The average Bonchev–Trinajstić information content (AvgIpc) is 2.33. The normalized spacial score (nSPS) is 19.9. The van der Waals surface area contributed by atoms with Gasteiger partial charge in [-0.1, -0.05) is 0 Å². The lowest BCUT2D eigenvalue weighted by Gasteiger charge is -2.17. The number of carbonyl (C=O) groups excluding carboxylic acids is 1. The van der Waals surface area contributed by atoms with Gasteiger partial charge in [0, 0.05) is 13.6 Å². The molecule has 0 aromatic carbocycles. The molecule has 0 spiro atoms. The summed E-state index contributed by atoms with van der Waals surface area (Å²) in [6, 6.07) is 0. The van der Waals surface area contributed by atoms with Crippen molar-refractivity contribution in [2.24, 2.45) is 10.9 Å². The first-order chi connectivity index (χ1) is 5.13. The number of hydrogen-bond acceptors (Lipinski definition) is 3. The number of aliphatic imine (C=N–C) groups is 1. The molecule has 0 bridgehead atoms. The Hall–Kier alpha value is -0.860. The number of amidine groups is 1. The Bertz CT molecular complexity index is 198. The van der Waals surface area contributed by atoms with Crippen molar-refractivity contribution < 1.29 is 4.79 Å². The van der Waals surface area contributed by atoms with Gasteiger partial charge in [-0.25, -0.2) is 0 Å². The summed E-state index contributed by atoms with van der Waals surface area (Å²) in [5.74, 6) is 1.11. The van der Waals surface area contributed by atoms with Gasteiger partial charge in [-0.15, -0.1) is 0 Å². The first-order valence-corrected chi connectivity index (χ1v) is 3.89. The predicted octanol–water partition coefficient (Wildman–Crippen LogP) is 0.555. The van der Waals surface area contributed by atoms with Crippen LogP contribution in [0.5, 0.6) is 0 Å². The van der Waals surface area contributed by atoms with Crippen LogP contribution >= 0.6 is 0 Å². The van der Waals surface area contributed by atoms with Crippen LogP contribution in [0.3, 0.4) is 0 Å². The van der Waals surface area contributed by atoms with Crippen LogP contribution < -0.4 is 0 Å². The van der Waals surface area contributed by atoms with Crippen molar-refractivity contribution in [3.05, 3.63) is 0 Å². The number of Topliss-reactive ketones (excluding diaryl/α,β-unsaturated/α-hetero) is 1. The maximum absolute atomic E-state index is 11.0. The molecule has 1 unspecified atom stereocenters. The highest BCUT2D eigenvalue weighted by molar-refractivity contribution is 6.03. The number of hydrogen-bond donors (Lipinski definition) is 0. The molecule has 0 aliphatic carbocycles. The van der Waals surface area contributed by atoms with E-state index in [1.165, 1.54) is 0 Å². The summed E-state index contributed by atoms with van der Waals surface area (Å²) in [5.41, 5.74) is 0. The van der Waals surface area contributed by atoms with Crippen molar-refractivity contribution in [3.63, 3.8) is 0 Å². The number of nitrogens with zero attached hydrogens (tertiary/aromatic N) is 2. The van der Waals surface area contributed by atoms with Gasteiger partial charge in [0.1, 0.15) is 11.6 Å². The molecule has 0 amide bonds. The maximum Gasteiger partial charge on any atom is 0.140 e. The monoisotopic (exact) mass is 154 g/mol. The molecule has 3 nitrogen and oxygen atoms in total. The minimum atomic E-state index is -0.0255. The summed E-state index contributed by atoms with van der Waals surface area (Å²) >= 11 is 0. The molecular weight excluding hydrogens is 140 g/mol. The molecule has 62 valence electrons. The number of rotatable bonds is 2. The molecule has 1 atom stereocenters. The lowest BCUT2D eigenvalue weighted by Crippen LogP contribution is -2.31. The number of carbonyl (C=O) groups is 1. The van der Waals surface area contributed by atoms with Gasteiger partial charge in [-0.2, -0.15) is 0 Å². The molecule has 0 saturated carbocycles. The SMILES string of the molecule is CC(=O)C(C)C1=NCCN1C. The minimum absolute atomic E-state index is 0.0255. The first-order valence-electron chi connectivity index (χ1n) is 3.89. The Labute approximate surface area is 67.1 Å². The van der Waals surface area contributed by atoms with Gasteiger partial charge >= 0.3 is 0 Å². The highest BCUT2D eigenvalue weighted by Gasteiger charge is 2.21. The van der Waals surface area contributed by atoms with Gasteiger partial charge in [-0.05, 0) is 13.8 Å². The van der Waals surface area contributed by atoms with E-state index in [2.05, 4.69) is 4.99 Å². The second-order valence-electron chi connectivity index (χ2n) is 2.99. The first kappa shape index (κ1) is 8.24. The van der Waals surface area contributed by atoms with E-state index in [-0.39, 0.29) is 11.7 Å². The van der Waals surface area contributed by atoms with Crippen LogP contribution in [0.4, 0.5) is 0 Å². The summed E-state index contributed by atoms with van der Waals surface area (Å²) < 4.78 is 0. The van der Waals surface area contributed by atoms with Crippen molar-refractivity contribution in [1.29, 1.82) is 0 Å². The van der Waals surface area contributed by atoms with E-state index in [1.807, 2.05) is 18.9 Å². The third-order valence-electron chi connectivity index (χ3n) is 2.10. The van der Waals surface area contributed by atoms with Crippen molar-refractivity contribution in [3.8, 4) is 0 Å². The van der Waals surface area contributed by atoms with E-state index in [1.54, 1.807) is 6.92 Å². The Balaban J connectivity index is 2.66. The summed E-state index contributed by atoms with van der Waals surface area (Å²) in [6.45, 7) is 5.30. The van der Waals surface area contributed by atoms with Gasteiger partial charge in [0.25, 0.3) is 0 Å². The largest absolute Gasteiger partial charge is 0.361 e. The topological polar surface area (TPSA) is 32.7 Å². The predicted molar refractivity (Wildman–Crippen MR) is 44.8 cm³/mol. The number of ketones is 1. The van der Waals surface area contributed by atoms with Crippen LogP contribution in [0.2, 0.25) is 0 Å². The molecule has 1 aliphatic heterocycles. The van der Waals surface area contributed by atoms with E-state index >= 15 is 0 Å². The molecule has 3 heteroatoms. The maximum atomic E-state index is 11.0. The fourth-order valence-corrected chi connectivity index (χ4v) is 1.20. The molecule has 1 aliphatic rings. The Morgan fingerprint density at radius 1 is 1.73 bits per heavy atom. The molecule has 0 aromatic heterocycles. The summed E-state index contributed by atoms with van der Waals surface area (Å²) in [6.07, 6.45) is 0. The van der Waals surface area contributed by atoms with Crippen LogP contribution in [0.25, 0.3) is 0 Å². The molecule has 1 rings (SSSR count). The highest BCUT2D eigenvalue weighted by atomic mass is 16.1. The molecule has 0 radical (unpaired) electrons. The van der Waals surface area contributed by atoms with Crippen LogP contribution in [0.15, 0.2) is 4.99 Å². The van der Waals surface area contributed by atoms with E-state index < -0.39 is 0 Å². The lowest BCUT2D eigenvalue weighted by molar-refractivity contribution is -0.118. The average molecular weight is 154 g/mol. The molecule has 11 heavy (non-hydrogen) atoms. The standard InChI is InChI=1S/C8H14N2O/c1-6(7(2)11)8-9-4-5-10(8)3/h6H,4-5H2,1-3H3. The third-order valence-corrected chi connectivity index (χ3v) is 2.10. The molecule has 1 heterocycles. The summed E-state index contributed by atoms with van der Waals surface area (Å²) in [4.78, 5) is 17.3. The Morgan fingerprint density at radius 3 is 2.73 bits per heavy atom. The van der Waals surface area contributed by atoms with Crippen molar-refractivity contribution in [2.45, 2.75) is 13.8 Å². The van der Waals surface area contributed by atoms with E-state index in [0.29, 0.717) is 0 Å². The fourth-order valence-electron chi connectivity index (χ4n) is 1.20. The minimum Gasteiger partial charge on any atom is -0.361 e. The molecule has 0 N–H and O–H groups in total.